The second-order valence-corrected chi connectivity index (χ2v) is 5.50. The minimum atomic E-state index is -0.227. The molecule has 1 aliphatic carbocycles. The molecular weight excluding hydrogens is 164 g/mol. The standard InChI is InChI=1S/C11H20O2/c1-8-5-9(2)11(8)12-6-10(3,4)7-13-11/h8-9H,5-7H2,1-4H3. The monoisotopic (exact) mass is 184 g/mol. The van der Waals surface area contributed by atoms with E-state index in [0.29, 0.717) is 11.8 Å². The van der Waals surface area contributed by atoms with Gasteiger partial charge in [-0.25, -0.2) is 0 Å². The fourth-order valence-corrected chi connectivity index (χ4v) is 2.45. The average Bonchev–Trinajstić information content (AvgIpc) is 2.04. The summed E-state index contributed by atoms with van der Waals surface area (Å²) >= 11 is 0. The van der Waals surface area contributed by atoms with Gasteiger partial charge in [-0.1, -0.05) is 27.7 Å². The molecule has 2 atom stereocenters. The molecule has 0 N–H and O–H groups in total. The molecule has 2 rings (SSSR count). The average molecular weight is 184 g/mol. The Labute approximate surface area is 80.6 Å². The molecule has 2 aliphatic rings. The molecule has 76 valence electrons. The zero-order valence-electron chi connectivity index (χ0n) is 9.09. The maximum absolute atomic E-state index is 5.92. The second kappa shape index (κ2) is 2.71. The molecule has 1 saturated heterocycles. The first kappa shape index (κ1) is 9.47. The minimum absolute atomic E-state index is 0.195. The maximum atomic E-state index is 5.92. The van der Waals surface area contributed by atoms with Crippen LogP contribution in [0.5, 0.6) is 0 Å². The Bertz CT molecular complexity index is 190. The van der Waals surface area contributed by atoms with Gasteiger partial charge in [0, 0.05) is 17.3 Å². The van der Waals surface area contributed by atoms with Gasteiger partial charge in [-0.2, -0.15) is 0 Å². The van der Waals surface area contributed by atoms with Crippen molar-refractivity contribution in [1.82, 2.24) is 0 Å². The summed E-state index contributed by atoms with van der Waals surface area (Å²) in [7, 11) is 0. The molecule has 13 heavy (non-hydrogen) atoms. The normalized spacial score (nSPS) is 41.5. The first-order valence-electron chi connectivity index (χ1n) is 5.24. The molecule has 0 aromatic carbocycles. The molecule has 0 amide bonds. The Hall–Kier alpha value is -0.0800. The highest BCUT2D eigenvalue weighted by Gasteiger charge is 2.55. The third-order valence-corrected chi connectivity index (χ3v) is 3.46. The van der Waals surface area contributed by atoms with Gasteiger partial charge in [0.1, 0.15) is 0 Å². The summed E-state index contributed by atoms with van der Waals surface area (Å²) in [5.41, 5.74) is 0.195. The summed E-state index contributed by atoms with van der Waals surface area (Å²) in [6.45, 7) is 10.5. The molecule has 2 nitrogen and oxygen atoms in total. The molecule has 0 bridgehead atoms. The van der Waals surface area contributed by atoms with Crippen LogP contribution >= 0.6 is 0 Å². The topological polar surface area (TPSA) is 18.5 Å². The highest BCUT2D eigenvalue weighted by atomic mass is 16.7. The Morgan fingerprint density at radius 1 is 1.00 bits per heavy atom. The Kier molecular flexibility index (Phi) is 1.97. The molecule has 0 aromatic rings. The van der Waals surface area contributed by atoms with E-state index in [9.17, 15) is 0 Å². The third kappa shape index (κ3) is 1.31. The van der Waals surface area contributed by atoms with Crippen LogP contribution in [0, 0.1) is 17.3 Å². The number of hydrogen-bond donors (Lipinski definition) is 0. The predicted octanol–water partition coefficient (Wildman–Crippen LogP) is 2.43. The maximum Gasteiger partial charge on any atom is 0.173 e. The fraction of sp³-hybridized carbons (Fsp3) is 1.00. The highest BCUT2D eigenvalue weighted by molar-refractivity contribution is 4.96. The van der Waals surface area contributed by atoms with Gasteiger partial charge >= 0.3 is 0 Å². The van der Waals surface area contributed by atoms with Crippen LogP contribution in [-0.2, 0) is 9.47 Å². The van der Waals surface area contributed by atoms with Crippen LogP contribution in [0.1, 0.15) is 34.1 Å². The lowest BCUT2D eigenvalue weighted by molar-refractivity contribution is -0.379. The Balaban J connectivity index is 2.04. The van der Waals surface area contributed by atoms with Crippen molar-refractivity contribution in [2.75, 3.05) is 13.2 Å². The van der Waals surface area contributed by atoms with E-state index < -0.39 is 0 Å². The zero-order chi connectivity index (χ0) is 9.69. The SMILES string of the molecule is CC1CC(C)C12OCC(C)(C)CO2. The van der Waals surface area contributed by atoms with E-state index in [-0.39, 0.29) is 11.2 Å². The van der Waals surface area contributed by atoms with Crippen LogP contribution in [-0.4, -0.2) is 19.0 Å². The zero-order valence-corrected chi connectivity index (χ0v) is 9.09. The lowest BCUT2D eigenvalue weighted by atomic mass is 9.69. The third-order valence-electron chi connectivity index (χ3n) is 3.46. The van der Waals surface area contributed by atoms with Gasteiger partial charge in [0.15, 0.2) is 5.79 Å². The quantitative estimate of drug-likeness (QED) is 0.575. The molecule has 2 heteroatoms. The smallest absolute Gasteiger partial charge is 0.173 e. The van der Waals surface area contributed by atoms with Crippen molar-refractivity contribution in [3.63, 3.8) is 0 Å². The van der Waals surface area contributed by atoms with Gasteiger partial charge in [0.2, 0.25) is 0 Å². The van der Waals surface area contributed by atoms with E-state index in [4.69, 9.17) is 9.47 Å². The van der Waals surface area contributed by atoms with Gasteiger partial charge in [-0.05, 0) is 6.42 Å². The van der Waals surface area contributed by atoms with Gasteiger partial charge in [-0.3, -0.25) is 0 Å². The van der Waals surface area contributed by atoms with Gasteiger partial charge < -0.3 is 9.47 Å². The van der Waals surface area contributed by atoms with Crippen LogP contribution in [0.2, 0.25) is 0 Å². The van der Waals surface area contributed by atoms with E-state index >= 15 is 0 Å². The first-order chi connectivity index (χ1) is 5.96. The Morgan fingerprint density at radius 2 is 1.46 bits per heavy atom. The number of ether oxygens (including phenoxy) is 2. The second-order valence-electron chi connectivity index (χ2n) is 5.50. The fourth-order valence-electron chi connectivity index (χ4n) is 2.45. The van der Waals surface area contributed by atoms with Crippen molar-refractivity contribution in [3.8, 4) is 0 Å². The van der Waals surface area contributed by atoms with Crippen molar-refractivity contribution in [2.24, 2.45) is 17.3 Å². The van der Waals surface area contributed by atoms with Gasteiger partial charge in [-0.15, -0.1) is 0 Å². The van der Waals surface area contributed by atoms with Crippen LogP contribution in [0.3, 0.4) is 0 Å². The summed E-state index contributed by atoms with van der Waals surface area (Å²) in [4.78, 5) is 0. The molecular formula is C11H20O2. The molecule has 1 heterocycles. The summed E-state index contributed by atoms with van der Waals surface area (Å²) in [5, 5.41) is 0. The van der Waals surface area contributed by atoms with Crippen LogP contribution in [0.15, 0.2) is 0 Å². The van der Waals surface area contributed by atoms with Crippen LogP contribution in [0.25, 0.3) is 0 Å². The van der Waals surface area contributed by atoms with Crippen molar-refractivity contribution in [3.05, 3.63) is 0 Å². The summed E-state index contributed by atoms with van der Waals surface area (Å²) < 4.78 is 11.8. The van der Waals surface area contributed by atoms with Crippen LogP contribution < -0.4 is 0 Å². The largest absolute Gasteiger partial charge is 0.349 e. The van der Waals surface area contributed by atoms with Crippen molar-refractivity contribution in [1.29, 1.82) is 0 Å². The van der Waals surface area contributed by atoms with Crippen molar-refractivity contribution in [2.45, 2.75) is 39.9 Å². The molecule has 1 aliphatic heterocycles. The van der Waals surface area contributed by atoms with Crippen molar-refractivity contribution >= 4 is 0 Å². The molecule has 2 unspecified atom stereocenters. The van der Waals surface area contributed by atoms with Gasteiger partial charge in [0.25, 0.3) is 0 Å². The summed E-state index contributed by atoms with van der Waals surface area (Å²) in [6, 6.07) is 0. The molecule has 2 fully saturated rings. The molecule has 0 aromatic heterocycles. The molecule has 1 spiro atoms. The van der Waals surface area contributed by atoms with Gasteiger partial charge in [0.05, 0.1) is 13.2 Å². The van der Waals surface area contributed by atoms with E-state index in [1.807, 2.05) is 0 Å². The van der Waals surface area contributed by atoms with E-state index in [2.05, 4.69) is 27.7 Å². The minimum Gasteiger partial charge on any atom is -0.349 e. The summed E-state index contributed by atoms with van der Waals surface area (Å²) in [5.74, 6) is 0.910. The Morgan fingerprint density at radius 3 is 1.85 bits per heavy atom. The van der Waals surface area contributed by atoms with Crippen LogP contribution in [0.4, 0.5) is 0 Å². The number of rotatable bonds is 0. The van der Waals surface area contributed by atoms with E-state index in [1.54, 1.807) is 0 Å². The van der Waals surface area contributed by atoms with E-state index in [0.717, 1.165) is 13.2 Å². The van der Waals surface area contributed by atoms with Crippen molar-refractivity contribution < 1.29 is 9.47 Å². The van der Waals surface area contributed by atoms with E-state index in [1.165, 1.54) is 6.42 Å². The highest BCUT2D eigenvalue weighted by Crippen LogP contribution is 2.50. The first-order valence-corrected chi connectivity index (χ1v) is 5.24. The summed E-state index contributed by atoms with van der Waals surface area (Å²) in [6.07, 6.45) is 1.24. The lowest BCUT2D eigenvalue weighted by Crippen LogP contribution is -2.62. The molecule has 1 saturated carbocycles. The number of hydrogen-bond acceptors (Lipinski definition) is 2. The molecule has 0 radical (unpaired) electrons. The lowest BCUT2D eigenvalue weighted by Gasteiger charge is -2.56. The predicted molar refractivity (Wildman–Crippen MR) is 51.4 cm³/mol.